The van der Waals surface area contributed by atoms with Crippen molar-refractivity contribution < 1.29 is 19.0 Å². The van der Waals surface area contributed by atoms with Gasteiger partial charge in [-0.3, -0.25) is 5.41 Å². The summed E-state index contributed by atoms with van der Waals surface area (Å²) in [5, 5.41) is 12.7. The Bertz CT molecular complexity index is 1200. The zero-order valence-electron chi connectivity index (χ0n) is 27.2. The van der Waals surface area contributed by atoms with Crippen LogP contribution < -0.4 is 10.6 Å². The van der Waals surface area contributed by atoms with Gasteiger partial charge in [-0.05, 0) is 45.7 Å². The van der Waals surface area contributed by atoms with Gasteiger partial charge in [0.15, 0.2) is 5.65 Å². The van der Waals surface area contributed by atoms with Gasteiger partial charge in [-0.2, -0.15) is 9.61 Å². The SMILES string of the molecule is CC(C)(C)OC(=O)N1CCCC(c2cc(N(COCC[Si](C)(C)C)COCC[Si](C)(C)C)n3ncc(C(=N)N)c3n2)C1. The van der Waals surface area contributed by atoms with Crippen LogP contribution in [0.2, 0.25) is 51.4 Å². The lowest BCUT2D eigenvalue weighted by Gasteiger charge is -2.34. The molecule has 0 saturated carbocycles. The van der Waals surface area contributed by atoms with Crippen molar-refractivity contribution in [1.82, 2.24) is 19.5 Å². The average molecular weight is 620 g/mol. The molecule has 3 heterocycles. The van der Waals surface area contributed by atoms with Crippen LogP contribution in [0.15, 0.2) is 12.3 Å². The first kappa shape index (κ1) is 34.0. The molecule has 2 aromatic heterocycles. The van der Waals surface area contributed by atoms with E-state index in [0.717, 1.165) is 36.4 Å². The second-order valence-electron chi connectivity index (χ2n) is 14.7. The van der Waals surface area contributed by atoms with Gasteiger partial charge in [-0.25, -0.2) is 9.78 Å². The van der Waals surface area contributed by atoms with Crippen LogP contribution in [0, 0.1) is 5.41 Å². The van der Waals surface area contributed by atoms with Gasteiger partial charge in [0, 0.05) is 54.4 Å². The number of nitrogens with zero attached hydrogens (tertiary/aromatic N) is 5. The van der Waals surface area contributed by atoms with Crippen molar-refractivity contribution in [2.24, 2.45) is 5.73 Å². The molecule has 2 aromatic rings. The number of rotatable bonds is 13. The third kappa shape index (κ3) is 10.4. The zero-order valence-corrected chi connectivity index (χ0v) is 29.2. The van der Waals surface area contributed by atoms with Gasteiger partial charge in [0.25, 0.3) is 0 Å². The van der Waals surface area contributed by atoms with Crippen molar-refractivity contribution in [3.63, 3.8) is 0 Å². The second-order valence-corrected chi connectivity index (χ2v) is 26.0. The van der Waals surface area contributed by atoms with E-state index in [-0.39, 0.29) is 17.8 Å². The summed E-state index contributed by atoms with van der Waals surface area (Å²) in [5.74, 6) is 0.661. The summed E-state index contributed by atoms with van der Waals surface area (Å²) in [7, 11) is -2.51. The molecule has 236 valence electrons. The number of amides is 1. The third-order valence-electron chi connectivity index (χ3n) is 7.07. The maximum Gasteiger partial charge on any atom is 0.410 e. The van der Waals surface area contributed by atoms with Crippen molar-refractivity contribution >= 4 is 39.5 Å². The van der Waals surface area contributed by atoms with Crippen molar-refractivity contribution in [2.45, 2.75) is 96.5 Å². The Morgan fingerprint density at radius 1 is 1.10 bits per heavy atom. The third-order valence-corrected chi connectivity index (χ3v) is 10.5. The number of aromatic nitrogens is 3. The molecule has 1 atom stereocenters. The van der Waals surface area contributed by atoms with Crippen LogP contribution in [0.25, 0.3) is 5.65 Å². The molecular formula is C29H53N7O4Si2. The van der Waals surface area contributed by atoms with Crippen LogP contribution in [0.1, 0.15) is 50.8 Å². The summed E-state index contributed by atoms with van der Waals surface area (Å²) in [4.78, 5) is 21.7. The molecule has 3 rings (SSSR count). The molecule has 0 bridgehead atoms. The fourth-order valence-corrected chi connectivity index (χ4v) is 6.09. The lowest BCUT2D eigenvalue weighted by molar-refractivity contribution is 0.0197. The van der Waals surface area contributed by atoms with E-state index in [1.54, 1.807) is 15.6 Å². The summed E-state index contributed by atoms with van der Waals surface area (Å²) in [6, 6.07) is 4.15. The topological polar surface area (TPSA) is 131 Å². The van der Waals surface area contributed by atoms with Crippen molar-refractivity contribution in [2.75, 3.05) is 44.7 Å². The average Bonchev–Trinajstić information content (AvgIpc) is 3.29. The predicted molar refractivity (Wildman–Crippen MR) is 174 cm³/mol. The van der Waals surface area contributed by atoms with Crippen molar-refractivity contribution in [1.29, 1.82) is 5.41 Å². The molecule has 0 aromatic carbocycles. The Kier molecular flexibility index (Phi) is 11.2. The fourth-order valence-electron chi connectivity index (χ4n) is 4.58. The summed E-state index contributed by atoms with van der Waals surface area (Å²) in [6.45, 7) is 22.8. The number of nitrogen functional groups attached to an aromatic ring is 1. The molecule has 1 saturated heterocycles. The molecule has 0 aliphatic carbocycles. The number of piperidine rings is 1. The highest BCUT2D eigenvalue weighted by Gasteiger charge is 2.30. The van der Waals surface area contributed by atoms with Gasteiger partial charge in [0.2, 0.25) is 0 Å². The normalized spacial score (nSPS) is 16.6. The number of fused-ring (bicyclic) bond motifs is 1. The number of amidine groups is 1. The molecular weight excluding hydrogens is 567 g/mol. The van der Waals surface area contributed by atoms with E-state index in [1.807, 2.05) is 31.7 Å². The highest BCUT2D eigenvalue weighted by atomic mass is 28.3. The predicted octanol–water partition coefficient (Wildman–Crippen LogP) is 5.56. The van der Waals surface area contributed by atoms with Gasteiger partial charge in [-0.1, -0.05) is 39.3 Å². The second kappa shape index (κ2) is 13.9. The summed E-state index contributed by atoms with van der Waals surface area (Å²) in [5.41, 5.74) is 7.19. The standard InChI is InChI=1S/C29H53N7O4Si2/c1-29(2,3)40-28(37)34-12-10-11-22(19-34)24-17-25(36-27(33-24)23(18-32-36)26(30)31)35(20-38-13-15-41(4,5)6)21-39-14-16-42(7,8)9/h17-18,22H,10-16,19-21H2,1-9H3,(H3,30,31). The first-order valence-electron chi connectivity index (χ1n) is 15.0. The lowest BCUT2D eigenvalue weighted by atomic mass is 9.94. The van der Waals surface area contributed by atoms with E-state index in [0.29, 0.717) is 51.0 Å². The monoisotopic (exact) mass is 619 g/mol. The smallest absolute Gasteiger partial charge is 0.410 e. The summed E-state index contributed by atoms with van der Waals surface area (Å²) < 4.78 is 19.8. The molecule has 11 nitrogen and oxygen atoms in total. The highest BCUT2D eigenvalue weighted by molar-refractivity contribution is 6.76. The largest absolute Gasteiger partial charge is 0.444 e. The number of anilines is 1. The molecule has 42 heavy (non-hydrogen) atoms. The summed E-state index contributed by atoms with van der Waals surface area (Å²) in [6.07, 6.45) is 3.00. The molecule has 13 heteroatoms. The maximum absolute atomic E-state index is 12.9. The van der Waals surface area contributed by atoms with Gasteiger partial charge in [-0.15, -0.1) is 0 Å². The molecule has 1 aliphatic heterocycles. The van der Waals surface area contributed by atoms with Crippen LogP contribution >= 0.6 is 0 Å². The minimum Gasteiger partial charge on any atom is -0.444 e. The van der Waals surface area contributed by atoms with Crippen LogP contribution in [-0.2, 0) is 14.2 Å². The highest BCUT2D eigenvalue weighted by Crippen LogP contribution is 2.31. The molecule has 1 aliphatic rings. The number of likely N-dealkylation sites (tertiary alicyclic amines) is 1. The maximum atomic E-state index is 12.9. The zero-order chi connectivity index (χ0) is 31.3. The molecule has 3 N–H and O–H groups in total. The van der Waals surface area contributed by atoms with E-state index >= 15 is 0 Å². The van der Waals surface area contributed by atoms with E-state index in [1.165, 1.54) is 0 Å². The minimum atomic E-state index is -1.25. The van der Waals surface area contributed by atoms with Crippen LogP contribution in [0.5, 0.6) is 0 Å². The number of nitrogens with one attached hydrogen (secondary N) is 1. The lowest BCUT2D eigenvalue weighted by Crippen LogP contribution is -2.42. The van der Waals surface area contributed by atoms with Gasteiger partial charge >= 0.3 is 6.09 Å². The molecule has 1 amide bonds. The van der Waals surface area contributed by atoms with Crippen LogP contribution in [0.3, 0.4) is 0 Å². The fraction of sp³-hybridized carbons (Fsp3) is 0.724. The Morgan fingerprint density at radius 2 is 1.69 bits per heavy atom. The van der Waals surface area contributed by atoms with E-state index in [9.17, 15) is 4.79 Å². The van der Waals surface area contributed by atoms with Crippen LogP contribution in [-0.4, -0.2) is 92.9 Å². The summed E-state index contributed by atoms with van der Waals surface area (Å²) >= 11 is 0. The Morgan fingerprint density at radius 3 is 2.21 bits per heavy atom. The van der Waals surface area contributed by atoms with E-state index in [2.05, 4.69) is 44.4 Å². The Labute approximate surface area is 253 Å². The van der Waals surface area contributed by atoms with Gasteiger partial charge < -0.3 is 29.7 Å². The number of carbonyl (C=O) groups is 1. The quantitative estimate of drug-likeness (QED) is 0.0980. The number of hydrogen-bond acceptors (Lipinski definition) is 8. The molecule has 0 spiro atoms. The first-order chi connectivity index (χ1) is 19.4. The van der Waals surface area contributed by atoms with Crippen molar-refractivity contribution in [3.05, 3.63) is 23.5 Å². The van der Waals surface area contributed by atoms with E-state index in [4.69, 9.17) is 30.3 Å². The number of nitrogens with two attached hydrogens (primary N) is 1. The Hall–Kier alpha value is -2.49. The molecule has 0 radical (unpaired) electrons. The van der Waals surface area contributed by atoms with Gasteiger partial charge in [0.1, 0.15) is 30.7 Å². The van der Waals surface area contributed by atoms with Crippen molar-refractivity contribution in [3.8, 4) is 0 Å². The van der Waals surface area contributed by atoms with Crippen LogP contribution in [0.4, 0.5) is 10.6 Å². The molecule has 1 unspecified atom stereocenters. The van der Waals surface area contributed by atoms with E-state index < -0.39 is 21.7 Å². The minimum absolute atomic E-state index is 0.00723. The first-order valence-corrected chi connectivity index (χ1v) is 22.5. The number of ether oxygens (including phenoxy) is 3. The molecule has 1 fully saturated rings. The Balaban J connectivity index is 1.95. The number of hydrogen-bond donors (Lipinski definition) is 2. The van der Waals surface area contributed by atoms with Gasteiger partial charge in [0.05, 0.1) is 17.5 Å². The number of carbonyl (C=O) groups excluding carboxylic acids is 1.